The molecule has 1 amide bonds. The molecule has 1 atom stereocenters. The van der Waals surface area contributed by atoms with Crippen molar-refractivity contribution in [1.82, 2.24) is 5.32 Å². The van der Waals surface area contributed by atoms with Crippen LogP contribution >= 0.6 is 15.9 Å². The number of rotatable bonds is 7. The van der Waals surface area contributed by atoms with E-state index < -0.39 is 0 Å². The lowest BCUT2D eigenvalue weighted by molar-refractivity contribution is -0.124. The van der Waals surface area contributed by atoms with Gasteiger partial charge in [0.1, 0.15) is 5.75 Å². The molecule has 1 unspecified atom stereocenters. The zero-order chi connectivity index (χ0) is 14.3. The van der Waals surface area contributed by atoms with Gasteiger partial charge in [0, 0.05) is 24.2 Å². The summed E-state index contributed by atoms with van der Waals surface area (Å²) in [7, 11) is 1.59. The monoisotopic (exact) mass is 330 g/mol. The Balaban J connectivity index is 2.46. The summed E-state index contributed by atoms with van der Waals surface area (Å²) in [6.07, 6.45) is 0. The molecule has 1 aromatic rings. The van der Waals surface area contributed by atoms with Gasteiger partial charge in [-0.3, -0.25) is 4.79 Å². The molecule has 0 saturated heterocycles. The Morgan fingerprint density at radius 1 is 1.53 bits per heavy atom. The Morgan fingerprint density at radius 2 is 2.26 bits per heavy atom. The molecule has 0 radical (unpaired) electrons. The molecule has 0 aliphatic heterocycles. The Hall–Kier alpha value is -1.11. The summed E-state index contributed by atoms with van der Waals surface area (Å²) in [6.45, 7) is 2.73. The van der Waals surface area contributed by atoms with Crippen LogP contribution in [0.4, 0.5) is 0 Å². The molecule has 0 aromatic heterocycles. The summed E-state index contributed by atoms with van der Waals surface area (Å²) in [5.74, 6) is 0.444. The van der Waals surface area contributed by atoms with Gasteiger partial charge < -0.3 is 20.5 Å². The third-order valence-electron chi connectivity index (χ3n) is 2.43. The predicted octanol–water partition coefficient (Wildman–Crippen LogP) is 1.44. The first kappa shape index (κ1) is 15.9. The maximum absolute atomic E-state index is 11.6. The minimum absolute atomic E-state index is 0.0281. The highest BCUT2D eigenvalue weighted by atomic mass is 79.9. The number of methoxy groups -OCH3 is 1. The molecule has 0 bridgehead atoms. The van der Waals surface area contributed by atoms with E-state index in [1.54, 1.807) is 13.2 Å². The molecule has 0 heterocycles. The number of amides is 1. The largest absolute Gasteiger partial charge is 0.484 e. The van der Waals surface area contributed by atoms with Crippen LogP contribution in [0.25, 0.3) is 0 Å². The minimum atomic E-state index is -0.179. The van der Waals surface area contributed by atoms with E-state index in [0.717, 1.165) is 10.0 Å². The number of hydrogen-bond donors (Lipinski definition) is 2. The summed E-state index contributed by atoms with van der Waals surface area (Å²) >= 11 is 3.39. The van der Waals surface area contributed by atoms with Gasteiger partial charge in [-0.25, -0.2) is 0 Å². The fourth-order valence-electron chi connectivity index (χ4n) is 1.55. The van der Waals surface area contributed by atoms with Crippen LogP contribution in [0.2, 0.25) is 0 Å². The molecular weight excluding hydrogens is 312 g/mol. The molecule has 0 aliphatic carbocycles. The molecule has 1 rings (SSSR count). The van der Waals surface area contributed by atoms with Gasteiger partial charge in [-0.15, -0.1) is 0 Å². The first-order valence-electron chi connectivity index (χ1n) is 5.96. The van der Waals surface area contributed by atoms with Crippen molar-refractivity contribution < 1.29 is 14.3 Å². The number of nitrogens with one attached hydrogen (secondary N) is 1. The Kier molecular flexibility index (Phi) is 6.83. The zero-order valence-corrected chi connectivity index (χ0v) is 12.7. The number of benzene rings is 1. The third kappa shape index (κ3) is 5.59. The summed E-state index contributed by atoms with van der Waals surface area (Å²) in [4.78, 5) is 11.6. The van der Waals surface area contributed by atoms with Crippen molar-refractivity contribution >= 4 is 21.8 Å². The smallest absolute Gasteiger partial charge is 0.258 e. The second-order valence-corrected chi connectivity index (χ2v) is 5.02. The Bertz CT molecular complexity index is 426. The highest BCUT2D eigenvalue weighted by Crippen LogP contribution is 2.22. The fourth-order valence-corrected chi connectivity index (χ4v) is 1.96. The van der Waals surface area contributed by atoms with E-state index in [1.165, 1.54) is 0 Å². The van der Waals surface area contributed by atoms with Gasteiger partial charge in [0.05, 0.1) is 6.61 Å². The normalized spacial score (nSPS) is 12.0. The number of halogens is 1. The van der Waals surface area contributed by atoms with Crippen LogP contribution in [0.5, 0.6) is 5.75 Å². The number of nitrogens with two attached hydrogens (primary N) is 1. The third-order valence-corrected chi connectivity index (χ3v) is 3.20. The maximum Gasteiger partial charge on any atom is 0.258 e. The second-order valence-electron chi connectivity index (χ2n) is 4.17. The van der Waals surface area contributed by atoms with E-state index in [1.807, 2.05) is 19.1 Å². The molecule has 0 spiro atoms. The number of hydrogen-bond acceptors (Lipinski definition) is 4. The van der Waals surface area contributed by atoms with E-state index in [2.05, 4.69) is 21.2 Å². The highest BCUT2D eigenvalue weighted by molar-refractivity contribution is 9.10. The van der Waals surface area contributed by atoms with E-state index in [-0.39, 0.29) is 18.6 Å². The molecule has 0 saturated carbocycles. The molecule has 6 heteroatoms. The minimum Gasteiger partial charge on any atom is -0.484 e. The van der Waals surface area contributed by atoms with Crippen molar-refractivity contribution in [2.75, 3.05) is 20.3 Å². The van der Waals surface area contributed by atoms with E-state index >= 15 is 0 Å². The van der Waals surface area contributed by atoms with Crippen LogP contribution in [-0.2, 0) is 16.1 Å². The lowest BCUT2D eigenvalue weighted by Gasteiger charge is -2.13. The molecule has 106 valence electrons. The zero-order valence-electron chi connectivity index (χ0n) is 11.1. The van der Waals surface area contributed by atoms with Gasteiger partial charge in [-0.05, 0) is 30.7 Å². The van der Waals surface area contributed by atoms with E-state index in [4.69, 9.17) is 15.2 Å². The van der Waals surface area contributed by atoms with Gasteiger partial charge in [-0.1, -0.05) is 15.9 Å². The van der Waals surface area contributed by atoms with Crippen molar-refractivity contribution in [2.45, 2.75) is 19.5 Å². The average Bonchev–Trinajstić information content (AvgIpc) is 2.38. The van der Waals surface area contributed by atoms with Crippen LogP contribution in [0.15, 0.2) is 22.7 Å². The predicted molar refractivity (Wildman–Crippen MR) is 77.0 cm³/mol. The van der Waals surface area contributed by atoms with E-state index in [9.17, 15) is 4.79 Å². The Morgan fingerprint density at radius 3 is 2.89 bits per heavy atom. The van der Waals surface area contributed by atoms with Crippen molar-refractivity contribution in [2.24, 2.45) is 5.73 Å². The Labute approximate surface area is 121 Å². The van der Waals surface area contributed by atoms with E-state index in [0.29, 0.717) is 18.9 Å². The van der Waals surface area contributed by atoms with Crippen molar-refractivity contribution in [3.8, 4) is 5.75 Å². The summed E-state index contributed by atoms with van der Waals surface area (Å²) < 4.78 is 11.3. The van der Waals surface area contributed by atoms with Crippen LogP contribution < -0.4 is 15.8 Å². The first-order chi connectivity index (χ1) is 9.06. The molecule has 0 aliphatic rings. The second kappa shape index (κ2) is 8.14. The average molecular weight is 331 g/mol. The topological polar surface area (TPSA) is 73.6 Å². The molecule has 5 nitrogen and oxygen atoms in total. The lowest BCUT2D eigenvalue weighted by atomic mass is 10.2. The van der Waals surface area contributed by atoms with Gasteiger partial charge in [0.15, 0.2) is 6.61 Å². The number of ether oxygens (including phenoxy) is 2. The van der Waals surface area contributed by atoms with Crippen molar-refractivity contribution in [3.05, 3.63) is 28.2 Å². The number of carbonyl (C=O) groups is 1. The van der Waals surface area contributed by atoms with Gasteiger partial charge in [-0.2, -0.15) is 0 Å². The molecule has 19 heavy (non-hydrogen) atoms. The number of carbonyl (C=O) groups excluding carboxylic acids is 1. The standard InChI is InChI=1S/C13H19BrN2O3/c1-9(7-18-2)16-13(17)8-19-11-3-4-12(14)10(5-11)6-15/h3-5,9H,6-8,15H2,1-2H3,(H,16,17). The van der Waals surface area contributed by atoms with Crippen LogP contribution in [0, 0.1) is 0 Å². The lowest BCUT2D eigenvalue weighted by Crippen LogP contribution is -2.38. The maximum atomic E-state index is 11.6. The van der Waals surface area contributed by atoms with Crippen LogP contribution in [0.1, 0.15) is 12.5 Å². The highest BCUT2D eigenvalue weighted by Gasteiger charge is 2.08. The van der Waals surface area contributed by atoms with Gasteiger partial charge in [0.25, 0.3) is 5.91 Å². The van der Waals surface area contributed by atoms with Gasteiger partial charge >= 0.3 is 0 Å². The van der Waals surface area contributed by atoms with Crippen LogP contribution in [0.3, 0.4) is 0 Å². The summed E-state index contributed by atoms with van der Waals surface area (Å²) in [5, 5.41) is 2.77. The summed E-state index contributed by atoms with van der Waals surface area (Å²) in [5.41, 5.74) is 6.53. The van der Waals surface area contributed by atoms with Crippen molar-refractivity contribution in [3.63, 3.8) is 0 Å². The molecule has 0 fully saturated rings. The fraction of sp³-hybridized carbons (Fsp3) is 0.462. The molecular formula is C13H19BrN2O3. The summed E-state index contributed by atoms with van der Waals surface area (Å²) in [6, 6.07) is 5.42. The van der Waals surface area contributed by atoms with Gasteiger partial charge in [0.2, 0.25) is 0 Å². The van der Waals surface area contributed by atoms with Crippen LogP contribution in [-0.4, -0.2) is 32.3 Å². The SMILES string of the molecule is COCC(C)NC(=O)COc1ccc(Br)c(CN)c1. The quantitative estimate of drug-likeness (QED) is 0.793. The van der Waals surface area contributed by atoms with Crippen molar-refractivity contribution in [1.29, 1.82) is 0 Å². The molecule has 1 aromatic carbocycles. The first-order valence-corrected chi connectivity index (χ1v) is 6.75. The molecule has 3 N–H and O–H groups in total.